The maximum Gasteiger partial charge on any atom is 0.265 e. The minimum Gasteiger partial charge on any atom is -0.320 e. The summed E-state index contributed by atoms with van der Waals surface area (Å²) in [5, 5.41) is 4.84. The van der Waals surface area contributed by atoms with Crippen LogP contribution in [0.25, 0.3) is 4.96 Å². The molecule has 136 valence electrons. The zero-order valence-corrected chi connectivity index (χ0v) is 16.8. The largest absolute Gasteiger partial charge is 0.320 e. The van der Waals surface area contributed by atoms with Crippen molar-refractivity contribution in [2.45, 2.75) is 17.6 Å². The van der Waals surface area contributed by atoms with Crippen molar-refractivity contribution in [3.05, 3.63) is 79.8 Å². The Kier molecular flexibility index (Phi) is 5.11. The Labute approximate surface area is 167 Å². The molecule has 0 aliphatic heterocycles. The monoisotopic (exact) mass is 413 g/mol. The molecular weight excluding hydrogens is 398 g/mol. The molecule has 3 aromatic heterocycles. The predicted octanol–water partition coefficient (Wildman–Crippen LogP) is 4.67. The number of aryl methyl sites for hydroxylation is 1. The van der Waals surface area contributed by atoms with Gasteiger partial charge in [0, 0.05) is 27.8 Å². The molecule has 0 radical (unpaired) electrons. The molecule has 1 amide bonds. The summed E-state index contributed by atoms with van der Waals surface area (Å²) in [6.45, 7) is 1.96. The molecule has 0 fully saturated rings. The molecule has 4 rings (SSSR count). The van der Waals surface area contributed by atoms with Gasteiger partial charge in [-0.1, -0.05) is 18.2 Å². The Balaban J connectivity index is 1.53. The zero-order chi connectivity index (χ0) is 18.8. The number of fused-ring (bicyclic) bond motifs is 1. The fourth-order valence-corrected chi connectivity index (χ4v) is 4.94. The van der Waals surface area contributed by atoms with Crippen LogP contribution in [0.15, 0.2) is 63.7 Å². The average molecular weight is 414 g/mol. The van der Waals surface area contributed by atoms with Crippen molar-refractivity contribution in [1.29, 1.82) is 0 Å². The molecule has 0 spiro atoms. The van der Waals surface area contributed by atoms with Crippen LogP contribution in [-0.4, -0.2) is 15.3 Å². The van der Waals surface area contributed by atoms with Crippen LogP contribution in [0, 0.1) is 6.92 Å². The van der Waals surface area contributed by atoms with E-state index in [1.807, 2.05) is 48.8 Å². The molecule has 0 unspecified atom stereocenters. The van der Waals surface area contributed by atoms with E-state index in [-0.39, 0.29) is 11.5 Å². The summed E-state index contributed by atoms with van der Waals surface area (Å²) in [5.74, 6) is 0.430. The number of aromatic nitrogens is 2. The second-order valence-corrected chi connectivity index (χ2v) is 8.97. The van der Waals surface area contributed by atoms with Crippen LogP contribution in [-0.2, 0) is 5.75 Å². The summed E-state index contributed by atoms with van der Waals surface area (Å²) in [7, 11) is 0. The highest BCUT2D eigenvalue weighted by atomic mass is 32.2. The van der Waals surface area contributed by atoms with Crippen molar-refractivity contribution in [1.82, 2.24) is 9.38 Å². The van der Waals surface area contributed by atoms with E-state index in [0.717, 1.165) is 21.2 Å². The topological polar surface area (TPSA) is 63.5 Å². The standard InChI is InChI=1S/C19H15N3O2S3/c1-12-10-22-17(23)9-13(20-19(22)27-12)11-26-15-6-3-2-5-14(15)21-18(24)16-7-4-8-25-16/h2-10H,11H2,1H3,(H,21,24). The van der Waals surface area contributed by atoms with Gasteiger partial charge in [0.15, 0.2) is 4.96 Å². The second-order valence-electron chi connectivity index (χ2n) is 5.80. The molecule has 8 heteroatoms. The van der Waals surface area contributed by atoms with Gasteiger partial charge >= 0.3 is 0 Å². The fraction of sp³-hybridized carbons (Fsp3) is 0.105. The molecule has 0 bridgehead atoms. The van der Waals surface area contributed by atoms with Crippen molar-refractivity contribution < 1.29 is 4.79 Å². The SMILES string of the molecule is Cc1cn2c(=O)cc(CSc3ccccc3NC(=O)c3cccs3)nc2s1. The van der Waals surface area contributed by atoms with Gasteiger partial charge in [-0.05, 0) is 30.5 Å². The van der Waals surface area contributed by atoms with Crippen molar-refractivity contribution in [2.75, 3.05) is 5.32 Å². The van der Waals surface area contributed by atoms with Gasteiger partial charge in [-0.15, -0.1) is 34.4 Å². The molecule has 0 atom stereocenters. The Morgan fingerprint density at radius 2 is 2.11 bits per heavy atom. The number of para-hydroxylation sites is 1. The predicted molar refractivity (Wildman–Crippen MR) is 112 cm³/mol. The lowest BCUT2D eigenvalue weighted by Crippen LogP contribution is -2.13. The first-order valence-electron chi connectivity index (χ1n) is 8.15. The Hall–Kier alpha value is -2.42. The van der Waals surface area contributed by atoms with E-state index in [1.54, 1.807) is 28.3 Å². The third-order valence-electron chi connectivity index (χ3n) is 3.79. The summed E-state index contributed by atoms with van der Waals surface area (Å²) >= 11 is 4.45. The van der Waals surface area contributed by atoms with E-state index in [4.69, 9.17) is 0 Å². The minimum absolute atomic E-state index is 0.0702. The summed E-state index contributed by atoms with van der Waals surface area (Å²) < 4.78 is 1.57. The zero-order valence-electron chi connectivity index (χ0n) is 14.3. The van der Waals surface area contributed by atoms with Crippen LogP contribution < -0.4 is 10.9 Å². The van der Waals surface area contributed by atoms with Crippen LogP contribution in [0.5, 0.6) is 0 Å². The first kappa shape index (κ1) is 18.0. The lowest BCUT2D eigenvalue weighted by Gasteiger charge is -2.10. The van der Waals surface area contributed by atoms with E-state index in [2.05, 4.69) is 10.3 Å². The lowest BCUT2D eigenvalue weighted by molar-refractivity contribution is 0.103. The molecule has 27 heavy (non-hydrogen) atoms. The van der Waals surface area contributed by atoms with Gasteiger partial charge in [0.1, 0.15) is 0 Å². The van der Waals surface area contributed by atoms with Crippen molar-refractivity contribution >= 4 is 51.0 Å². The lowest BCUT2D eigenvalue weighted by atomic mass is 10.3. The number of nitrogens with zero attached hydrogens (tertiary/aromatic N) is 2. The highest BCUT2D eigenvalue weighted by Crippen LogP contribution is 2.30. The number of benzene rings is 1. The molecule has 3 heterocycles. The van der Waals surface area contributed by atoms with Gasteiger partial charge in [0.2, 0.25) is 0 Å². The number of thioether (sulfide) groups is 1. The number of carbonyl (C=O) groups is 1. The first-order valence-corrected chi connectivity index (χ1v) is 10.8. The number of nitrogens with one attached hydrogen (secondary N) is 1. The van der Waals surface area contributed by atoms with E-state index >= 15 is 0 Å². The van der Waals surface area contributed by atoms with E-state index < -0.39 is 0 Å². The molecule has 0 saturated heterocycles. The molecule has 1 aromatic carbocycles. The molecular formula is C19H15N3O2S3. The number of anilines is 1. The summed E-state index contributed by atoms with van der Waals surface area (Å²) in [4.78, 5) is 32.5. The molecule has 0 aliphatic carbocycles. The van der Waals surface area contributed by atoms with Crippen LogP contribution in [0.4, 0.5) is 5.69 Å². The summed E-state index contributed by atoms with van der Waals surface area (Å²) in [5.41, 5.74) is 1.41. The summed E-state index contributed by atoms with van der Waals surface area (Å²) in [6, 6.07) is 12.9. The van der Waals surface area contributed by atoms with Crippen LogP contribution in [0.1, 0.15) is 20.2 Å². The molecule has 0 saturated carbocycles. The maximum absolute atomic E-state index is 12.3. The minimum atomic E-state index is -0.120. The number of thiophene rings is 1. The van der Waals surface area contributed by atoms with Gasteiger partial charge in [0.05, 0.1) is 16.3 Å². The van der Waals surface area contributed by atoms with Gasteiger partial charge in [0.25, 0.3) is 11.5 Å². The van der Waals surface area contributed by atoms with Gasteiger partial charge in [-0.25, -0.2) is 4.98 Å². The van der Waals surface area contributed by atoms with Crippen LogP contribution >= 0.6 is 34.4 Å². The first-order chi connectivity index (χ1) is 13.1. The summed E-state index contributed by atoms with van der Waals surface area (Å²) in [6.07, 6.45) is 1.81. The Morgan fingerprint density at radius 3 is 2.93 bits per heavy atom. The van der Waals surface area contributed by atoms with Crippen molar-refractivity contribution in [3.63, 3.8) is 0 Å². The van der Waals surface area contributed by atoms with Crippen LogP contribution in [0.3, 0.4) is 0 Å². The normalized spacial score (nSPS) is 11.0. The second kappa shape index (κ2) is 7.67. The molecule has 1 N–H and O–H groups in total. The quantitative estimate of drug-likeness (QED) is 0.483. The molecule has 4 aromatic rings. The van der Waals surface area contributed by atoms with Crippen molar-refractivity contribution in [3.8, 4) is 0 Å². The number of hydrogen-bond acceptors (Lipinski definition) is 6. The molecule has 0 aliphatic rings. The highest BCUT2D eigenvalue weighted by Gasteiger charge is 2.11. The van der Waals surface area contributed by atoms with Crippen LogP contribution in [0.2, 0.25) is 0 Å². The number of rotatable bonds is 5. The molecule has 5 nitrogen and oxygen atoms in total. The number of amides is 1. The third kappa shape index (κ3) is 3.97. The Morgan fingerprint density at radius 1 is 1.26 bits per heavy atom. The van der Waals surface area contributed by atoms with E-state index in [0.29, 0.717) is 15.6 Å². The maximum atomic E-state index is 12.3. The average Bonchev–Trinajstić information content (AvgIpc) is 3.30. The third-order valence-corrected chi connectivity index (χ3v) is 6.67. The van der Waals surface area contributed by atoms with E-state index in [1.165, 1.54) is 22.7 Å². The fourth-order valence-electron chi connectivity index (χ4n) is 2.57. The van der Waals surface area contributed by atoms with Gasteiger partial charge < -0.3 is 5.32 Å². The number of thiazole rings is 1. The Bertz CT molecular complexity index is 1160. The van der Waals surface area contributed by atoms with Crippen molar-refractivity contribution in [2.24, 2.45) is 0 Å². The number of hydrogen-bond donors (Lipinski definition) is 1. The smallest absolute Gasteiger partial charge is 0.265 e. The van der Waals surface area contributed by atoms with Gasteiger partial charge in [-0.3, -0.25) is 14.0 Å². The number of carbonyl (C=O) groups excluding carboxylic acids is 1. The van der Waals surface area contributed by atoms with E-state index in [9.17, 15) is 9.59 Å². The van der Waals surface area contributed by atoms with Gasteiger partial charge in [-0.2, -0.15) is 0 Å². The highest BCUT2D eigenvalue weighted by molar-refractivity contribution is 7.98.